The smallest absolute Gasteiger partial charge is 0.255 e. The summed E-state index contributed by atoms with van der Waals surface area (Å²) in [6, 6.07) is 3.72. The molecular weight excluding hydrogens is 276 g/mol. The Morgan fingerprint density at radius 2 is 1.82 bits per heavy atom. The summed E-state index contributed by atoms with van der Waals surface area (Å²) < 4.78 is 1.83. The predicted molar refractivity (Wildman–Crippen MR) is 85.3 cm³/mol. The number of nitrogens with zero attached hydrogens (tertiary/aromatic N) is 4. The van der Waals surface area contributed by atoms with Crippen molar-refractivity contribution in [1.82, 2.24) is 19.7 Å². The molecule has 1 fully saturated rings. The summed E-state index contributed by atoms with van der Waals surface area (Å²) in [5, 5.41) is 4.50. The number of carbonyl (C=O) groups is 1. The van der Waals surface area contributed by atoms with Crippen LogP contribution in [0.4, 0.5) is 0 Å². The number of hydrogen-bond donors (Lipinski definition) is 0. The zero-order valence-electron chi connectivity index (χ0n) is 13.5. The average molecular weight is 298 g/mol. The number of piperidine rings is 1. The van der Waals surface area contributed by atoms with Gasteiger partial charge in [-0.3, -0.25) is 4.79 Å². The highest BCUT2D eigenvalue weighted by Gasteiger charge is 2.18. The van der Waals surface area contributed by atoms with E-state index >= 15 is 0 Å². The highest BCUT2D eigenvalue weighted by molar-refractivity contribution is 5.94. The van der Waals surface area contributed by atoms with E-state index in [0.29, 0.717) is 5.56 Å². The van der Waals surface area contributed by atoms with Crippen LogP contribution in [0, 0.1) is 20.8 Å². The van der Waals surface area contributed by atoms with Crippen LogP contribution in [0.2, 0.25) is 0 Å². The van der Waals surface area contributed by atoms with E-state index in [0.717, 1.165) is 43.1 Å². The molecule has 1 saturated heterocycles. The summed E-state index contributed by atoms with van der Waals surface area (Å²) in [6.07, 6.45) is 5.08. The molecule has 5 heteroatoms. The lowest BCUT2D eigenvalue weighted by Crippen LogP contribution is -2.35. The molecule has 116 valence electrons. The van der Waals surface area contributed by atoms with Crippen molar-refractivity contribution in [3.8, 4) is 5.82 Å². The van der Waals surface area contributed by atoms with Gasteiger partial charge in [0.05, 0.1) is 11.3 Å². The number of carbonyl (C=O) groups excluding carboxylic acids is 1. The highest BCUT2D eigenvalue weighted by Crippen LogP contribution is 2.17. The van der Waals surface area contributed by atoms with Gasteiger partial charge in [0.25, 0.3) is 5.91 Å². The number of hydrogen-bond acceptors (Lipinski definition) is 3. The van der Waals surface area contributed by atoms with E-state index in [1.807, 2.05) is 35.6 Å². The molecule has 1 aliphatic rings. The largest absolute Gasteiger partial charge is 0.339 e. The molecule has 0 aliphatic carbocycles. The van der Waals surface area contributed by atoms with Crippen molar-refractivity contribution in [3.05, 3.63) is 40.8 Å². The van der Waals surface area contributed by atoms with Gasteiger partial charge >= 0.3 is 0 Å². The third kappa shape index (κ3) is 2.63. The van der Waals surface area contributed by atoms with Gasteiger partial charge in [0.2, 0.25) is 0 Å². The summed E-state index contributed by atoms with van der Waals surface area (Å²) >= 11 is 0. The lowest BCUT2D eigenvalue weighted by atomic mass is 10.1. The second-order valence-corrected chi connectivity index (χ2v) is 5.97. The first kappa shape index (κ1) is 14.8. The summed E-state index contributed by atoms with van der Waals surface area (Å²) in [4.78, 5) is 18.8. The molecule has 0 N–H and O–H groups in total. The van der Waals surface area contributed by atoms with Gasteiger partial charge in [-0.2, -0.15) is 5.10 Å². The van der Waals surface area contributed by atoms with E-state index in [-0.39, 0.29) is 5.91 Å². The van der Waals surface area contributed by atoms with Crippen LogP contribution >= 0.6 is 0 Å². The molecule has 2 aromatic heterocycles. The predicted octanol–water partition coefficient (Wildman–Crippen LogP) is 2.82. The Morgan fingerprint density at radius 1 is 1.09 bits per heavy atom. The first-order valence-corrected chi connectivity index (χ1v) is 7.86. The van der Waals surface area contributed by atoms with Gasteiger partial charge in [-0.15, -0.1) is 0 Å². The van der Waals surface area contributed by atoms with Gasteiger partial charge in [-0.05, 0) is 57.7 Å². The monoisotopic (exact) mass is 298 g/mol. The molecule has 2 aromatic rings. The molecule has 0 atom stereocenters. The van der Waals surface area contributed by atoms with E-state index in [2.05, 4.69) is 17.0 Å². The Kier molecular flexibility index (Phi) is 3.96. The fourth-order valence-corrected chi connectivity index (χ4v) is 2.86. The molecule has 1 aliphatic heterocycles. The number of rotatable bonds is 2. The molecule has 0 unspecified atom stereocenters. The Labute approximate surface area is 131 Å². The van der Waals surface area contributed by atoms with Crippen LogP contribution in [-0.4, -0.2) is 38.7 Å². The third-order valence-electron chi connectivity index (χ3n) is 4.51. The highest BCUT2D eigenvalue weighted by atomic mass is 16.2. The molecule has 5 nitrogen and oxygen atoms in total. The summed E-state index contributed by atoms with van der Waals surface area (Å²) in [6.45, 7) is 7.80. The van der Waals surface area contributed by atoms with E-state index in [1.165, 1.54) is 12.0 Å². The zero-order chi connectivity index (χ0) is 15.7. The maximum absolute atomic E-state index is 12.4. The number of aryl methyl sites for hydroxylation is 1. The summed E-state index contributed by atoms with van der Waals surface area (Å²) in [5.74, 6) is 0.840. The van der Waals surface area contributed by atoms with Crippen LogP contribution in [0.3, 0.4) is 0 Å². The maximum atomic E-state index is 12.4. The van der Waals surface area contributed by atoms with Gasteiger partial charge in [-0.1, -0.05) is 0 Å². The molecule has 0 spiro atoms. The van der Waals surface area contributed by atoms with Crippen molar-refractivity contribution < 1.29 is 4.79 Å². The fraction of sp³-hybridized carbons (Fsp3) is 0.471. The van der Waals surface area contributed by atoms with Gasteiger partial charge < -0.3 is 4.90 Å². The van der Waals surface area contributed by atoms with Gasteiger partial charge in [-0.25, -0.2) is 9.67 Å². The van der Waals surface area contributed by atoms with E-state index in [9.17, 15) is 4.79 Å². The zero-order valence-corrected chi connectivity index (χ0v) is 13.5. The normalized spacial score (nSPS) is 15.1. The Hall–Kier alpha value is -2.17. The van der Waals surface area contributed by atoms with Crippen LogP contribution in [0.1, 0.15) is 46.6 Å². The Morgan fingerprint density at radius 3 is 2.36 bits per heavy atom. The van der Waals surface area contributed by atoms with Gasteiger partial charge in [0.1, 0.15) is 0 Å². The summed E-state index contributed by atoms with van der Waals surface area (Å²) in [7, 11) is 0. The van der Waals surface area contributed by atoms with Gasteiger partial charge in [0, 0.05) is 25.0 Å². The topological polar surface area (TPSA) is 51.0 Å². The fourth-order valence-electron chi connectivity index (χ4n) is 2.86. The van der Waals surface area contributed by atoms with Crippen LogP contribution in [-0.2, 0) is 0 Å². The first-order chi connectivity index (χ1) is 10.6. The van der Waals surface area contributed by atoms with Gasteiger partial charge in [0.15, 0.2) is 5.82 Å². The molecule has 22 heavy (non-hydrogen) atoms. The lowest BCUT2D eigenvalue weighted by Gasteiger charge is -2.26. The van der Waals surface area contributed by atoms with Crippen molar-refractivity contribution in [2.75, 3.05) is 13.1 Å². The SMILES string of the molecule is Cc1nn(-c2ccc(C(=O)N3CCCCC3)cn2)c(C)c1C. The van der Waals surface area contributed by atoms with Crippen molar-refractivity contribution in [2.45, 2.75) is 40.0 Å². The molecule has 3 heterocycles. The van der Waals surface area contributed by atoms with Crippen LogP contribution < -0.4 is 0 Å². The Balaban J connectivity index is 1.83. The maximum Gasteiger partial charge on any atom is 0.255 e. The summed E-state index contributed by atoms with van der Waals surface area (Å²) in [5.41, 5.74) is 3.92. The minimum Gasteiger partial charge on any atom is -0.339 e. The number of likely N-dealkylation sites (tertiary alicyclic amines) is 1. The number of pyridine rings is 1. The molecule has 0 bridgehead atoms. The second-order valence-electron chi connectivity index (χ2n) is 5.97. The molecule has 0 radical (unpaired) electrons. The average Bonchev–Trinajstić information content (AvgIpc) is 2.83. The first-order valence-electron chi connectivity index (χ1n) is 7.86. The molecule has 0 saturated carbocycles. The van der Waals surface area contributed by atoms with E-state index < -0.39 is 0 Å². The van der Waals surface area contributed by atoms with Crippen molar-refractivity contribution >= 4 is 5.91 Å². The van der Waals surface area contributed by atoms with Crippen molar-refractivity contribution in [3.63, 3.8) is 0 Å². The minimum absolute atomic E-state index is 0.0864. The van der Waals surface area contributed by atoms with Crippen molar-refractivity contribution in [1.29, 1.82) is 0 Å². The number of amides is 1. The van der Waals surface area contributed by atoms with Crippen LogP contribution in [0.25, 0.3) is 5.82 Å². The molecule has 3 rings (SSSR count). The molecular formula is C17H22N4O. The third-order valence-corrected chi connectivity index (χ3v) is 4.51. The lowest BCUT2D eigenvalue weighted by molar-refractivity contribution is 0.0724. The Bertz CT molecular complexity index is 681. The quantitative estimate of drug-likeness (QED) is 0.856. The standard InChI is InChI=1S/C17H22N4O/c1-12-13(2)19-21(14(12)3)16-8-7-15(11-18-16)17(22)20-9-5-4-6-10-20/h7-8,11H,4-6,9-10H2,1-3H3. The van der Waals surface area contributed by atoms with Crippen LogP contribution in [0.5, 0.6) is 0 Å². The van der Waals surface area contributed by atoms with Crippen molar-refractivity contribution in [2.24, 2.45) is 0 Å². The number of aromatic nitrogens is 3. The molecule has 1 amide bonds. The van der Waals surface area contributed by atoms with E-state index in [1.54, 1.807) is 6.20 Å². The second kappa shape index (κ2) is 5.91. The van der Waals surface area contributed by atoms with Crippen LogP contribution in [0.15, 0.2) is 18.3 Å². The minimum atomic E-state index is 0.0864. The van der Waals surface area contributed by atoms with E-state index in [4.69, 9.17) is 0 Å². The molecule has 0 aromatic carbocycles.